The van der Waals surface area contributed by atoms with Crippen molar-refractivity contribution < 1.29 is 9.72 Å². The quantitative estimate of drug-likeness (QED) is 0.582. The average Bonchev–Trinajstić information content (AvgIpc) is 2.26. The van der Waals surface area contributed by atoms with Gasteiger partial charge in [0.25, 0.3) is 5.69 Å². The molecule has 0 heterocycles. The van der Waals surface area contributed by atoms with Gasteiger partial charge in [-0.1, -0.05) is 26.0 Å². The highest BCUT2D eigenvalue weighted by atomic mass is 16.6. The summed E-state index contributed by atoms with van der Waals surface area (Å²) >= 11 is 0. The highest BCUT2D eigenvalue weighted by Crippen LogP contribution is 2.22. The van der Waals surface area contributed by atoms with Gasteiger partial charge < -0.3 is 0 Å². The molecular weight excluding hydrogens is 218 g/mol. The van der Waals surface area contributed by atoms with E-state index in [1.54, 1.807) is 13.0 Å². The maximum atomic E-state index is 11.5. The molecule has 0 saturated heterocycles. The molecule has 92 valence electrons. The fourth-order valence-corrected chi connectivity index (χ4v) is 1.69. The number of nitro groups is 1. The number of rotatable bonds is 5. The maximum Gasteiger partial charge on any atom is 0.272 e. The van der Waals surface area contributed by atoms with E-state index in [0.717, 1.165) is 5.56 Å². The van der Waals surface area contributed by atoms with Crippen molar-refractivity contribution in [3.05, 3.63) is 39.4 Å². The standard InChI is InChI=1S/C13H17NO3/c1-9(2)13(15)8-7-11-5-4-6-12(10(11)3)14(16)17/h4-6,9H,7-8H2,1-3H3. The lowest BCUT2D eigenvalue weighted by atomic mass is 9.97. The Kier molecular flexibility index (Phi) is 4.37. The molecule has 0 fully saturated rings. The Labute approximate surface area is 101 Å². The SMILES string of the molecule is Cc1c(CCC(=O)C(C)C)cccc1[N+](=O)[O-]. The number of benzene rings is 1. The predicted molar refractivity (Wildman–Crippen MR) is 66.0 cm³/mol. The molecule has 0 radical (unpaired) electrons. The van der Waals surface area contributed by atoms with E-state index in [-0.39, 0.29) is 22.3 Å². The number of carbonyl (C=O) groups is 1. The fourth-order valence-electron chi connectivity index (χ4n) is 1.69. The smallest absolute Gasteiger partial charge is 0.272 e. The summed E-state index contributed by atoms with van der Waals surface area (Å²) < 4.78 is 0. The summed E-state index contributed by atoms with van der Waals surface area (Å²) in [6, 6.07) is 5.00. The Bertz CT molecular complexity index is 438. The number of nitrogens with zero attached hydrogens (tertiary/aromatic N) is 1. The number of ketones is 1. The predicted octanol–water partition coefficient (Wildman–Crippen LogP) is 3.06. The summed E-state index contributed by atoms with van der Waals surface area (Å²) in [6.07, 6.45) is 1.02. The molecule has 0 aliphatic rings. The maximum absolute atomic E-state index is 11.5. The molecule has 0 saturated carbocycles. The van der Waals surface area contributed by atoms with Crippen molar-refractivity contribution in [2.45, 2.75) is 33.6 Å². The molecule has 1 aromatic rings. The van der Waals surface area contributed by atoms with E-state index in [9.17, 15) is 14.9 Å². The zero-order valence-corrected chi connectivity index (χ0v) is 10.4. The van der Waals surface area contributed by atoms with Crippen LogP contribution < -0.4 is 0 Å². The van der Waals surface area contributed by atoms with Crippen LogP contribution in [0.3, 0.4) is 0 Å². The first-order valence-electron chi connectivity index (χ1n) is 5.69. The van der Waals surface area contributed by atoms with Crippen molar-refractivity contribution in [3.8, 4) is 0 Å². The van der Waals surface area contributed by atoms with Crippen LogP contribution in [-0.2, 0) is 11.2 Å². The van der Waals surface area contributed by atoms with E-state index >= 15 is 0 Å². The lowest BCUT2D eigenvalue weighted by molar-refractivity contribution is -0.385. The first-order valence-corrected chi connectivity index (χ1v) is 5.69. The van der Waals surface area contributed by atoms with Gasteiger partial charge in [0.15, 0.2) is 0 Å². The fraction of sp³-hybridized carbons (Fsp3) is 0.462. The highest BCUT2D eigenvalue weighted by Gasteiger charge is 2.14. The first-order chi connectivity index (χ1) is 7.93. The molecule has 0 spiro atoms. The molecule has 0 N–H and O–H groups in total. The van der Waals surface area contributed by atoms with Crippen LogP contribution >= 0.6 is 0 Å². The Hall–Kier alpha value is -1.71. The molecule has 0 aromatic heterocycles. The topological polar surface area (TPSA) is 60.2 Å². The molecule has 0 bridgehead atoms. The van der Waals surface area contributed by atoms with Crippen LogP contribution in [0.15, 0.2) is 18.2 Å². The Morgan fingerprint density at radius 1 is 1.41 bits per heavy atom. The van der Waals surface area contributed by atoms with Gasteiger partial charge in [-0.3, -0.25) is 14.9 Å². The average molecular weight is 235 g/mol. The van der Waals surface area contributed by atoms with E-state index < -0.39 is 0 Å². The molecule has 0 amide bonds. The summed E-state index contributed by atoms with van der Waals surface area (Å²) in [7, 11) is 0. The van der Waals surface area contributed by atoms with Gasteiger partial charge >= 0.3 is 0 Å². The van der Waals surface area contributed by atoms with Crippen molar-refractivity contribution in [2.24, 2.45) is 5.92 Å². The molecule has 4 nitrogen and oxygen atoms in total. The number of nitro benzene ring substituents is 1. The second-order valence-corrected chi connectivity index (χ2v) is 4.44. The lowest BCUT2D eigenvalue weighted by Crippen LogP contribution is -2.08. The molecular formula is C13H17NO3. The summed E-state index contributed by atoms with van der Waals surface area (Å²) in [5.41, 5.74) is 1.67. The highest BCUT2D eigenvalue weighted by molar-refractivity contribution is 5.80. The molecule has 0 aliphatic heterocycles. The minimum absolute atomic E-state index is 0.0222. The van der Waals surface area contributed by atoms with Crippen molar-refractivity contribution in [2.75, 3.05) is 0 Å². The monoisotopic (exact) mass is 235 g/mol. The molecule has 0 aliphatic carbocycles. The Morgan fingerprint density at radius 2 is 2.06 bits per heavy atom. The minimum Gasteiger partial charge on any atom is -0.299 e. The summed E-state index contributed by atoms with van der Waals surface area (Å²) in [6.45, 7) is 5.46. The Morgan fingerprint density at radius 3 is 2.59 bits per heavy atom. The molecule has 4 heteroatoms. The second-order valence-electron chi connectivity index (χ2n) is 4.44. The first kappa shape index (κ1) is 13.4. The van der Waals surface area contributed by atoms with Crippen LogP contribution in [0.1, 0.15) is 31.4 Å². The number of carbonyl (C=O) groups excluding carboxylic acids is 1. The Balaban J connectivity index is 2.82. The largest absolute Gasteiger partial charge is 0.299 e. The van der Waals surface area contributed by atoms with Gasteiger partial charge in [-0.05, 0) is 18.9 Å². The molecule has 0 unspecified atom stereocenters. The number of aryl methyl sites for hydroxylation is 1. The molecule has 1 aromatic carbocycles. The van der Waals surface area contributed by atoms with Gasteiger partial charge in [0.2, 0.25) is 0 Å². The van der Waals surface area contributed by atoms with Gasteiger partial charge in [0.05, 0.1) is 4.92 Å². The van der Waals surface area contributed by atoms with Gasteiger partial charge in [-0.25, -0.2) is 0 Å². The third-order valence-corrected chi connectivity index (χ3v) is 2.90. The van der Waals surface area contributed by atoms with Crippen molar-refractivity contribution in [3.63, 3.8) is 0 Å². The van der Waals surface area contributed by atoms with E-state index in [2.05, 4.69) is 0 Å². The summed E-state index contributed by atoms with van der Waals surface area (Å²) in [4.78, 5) is 21.9. The second kappa shape index (κ2) is 5.57. The lowest BCUT2D eigenvalue weighted by Gasteiger charge is -2.07. The minimum atomic E-state index is -0.386. The zero-order valence-electron chi connectivity index (χ0n) is 10.4. The van der Waals surface area contributed by atoms with Crippen LogP contribution in [0.4, 0.5) is 5.69 Å². The van der Waals surface area contributed by atoms with Gasteiger partial charge in [-0.15, -0.1) is 0 Å². The normalized spacial score (nSPS) is 10.6. The van der Waals surface area contributed by atoms with Gasteiger partial charge in [-0.2, -0.15) is 0 Å². The number of hydrogen-bond donors (Lipinski definition) is 0. The third-order valence-electron chi connectivity index (χ3n) is 2.90. The third kappa shape index (κ3) is 3.37. The van der Waals surface area contributed by atoms with Crippen LogP contribution in [0.2, 0.25) is 0 Å². The van der Waals surface area contributed by atoms with Crippen LogP contribution in [0.25, 0.3) is 0 Å². The van der Waals surface area contributed by atoms with Gasteiger partial charge in [0, 0.05) is 24.0 Å². The summed E-state index contributed by atoms with van der Waals surface area (Å²) in [5, 5.41) is 10.8. The van der Waals surface area contributed by atoms with E-state index in [0.29, 0.717) is 18.4 Å². The molecule has 0 atom stereocenters. The van der Waals surface area contributed by atoms with Crippen molar-refractivity contribution >= 4 is 11.5 Å². The van der Waals surface area contributed by atoms with E-state index in [1.807, 2.05) is 19.9 Å². The van der Waals surface area contributed by atoms with E-state index in [1.165, 1.54) is 6.07 Å². The van der Waals surface area contributed by atoms with Crippen LogP contribution in [0, 0.1) is 23.0 Å². The van der Waals surface area contributed by atoms with Crippen molar-refractivity contribution in [1.82, 2.24) is 0 Å². The number of hydrogen-bond acceptors (Lipinski definition) is 3. The molecule has 1 rings (SSSR count). The summed E-state index contributed by atoms with van der Waals surface area (Å²) in [5.74, 6) is 0.213. The molecule has 17 heavy (non-hydrogen) atoms. The zero-order chi connectivity index (χ0) is 13.0. The number of Topliss-reactive ketones (excluding diaryl/α,β-unsaturated/α-hetero) is 1. The van der Waals surface area contributed by atoms with Crippen LogP contribution in [0.5, 0.6) is 0 Å². The van der Waals surface area contributed by atoms with E-state index in [4.69, 9.17) is 0 Å². The van der Waals surface area contributed by atoms with Crippen LogP contribution in [-0.4, -0.2) is 10.7 Å². The van der Waals surface area contributed by atoms with Gasteiger partial charge in [0.1, 0.15) is 5.78 Å². The van der Waals surface area contributed by atoms with Crippen molar-refractivity contribution in [1.29, 1.82) is 0 Å².